The van der Waals surface area contributed by atoms with Crippen LogP contribution >= 0.6 is 35.0 Å². The number of ether oxygens (including phenoxy) is 1. The van der Waals surface area contributed by atoms with Gasteiger partial charge in [-0.1, -0.05) is 53.5 Å². The van der Waals surface area contributed by atoms with E-state index >= 15 is 0 Å². The van der Waals surface area contributed by atoms with Crippen molar-refractivity contribution in [2.45, 2.75) is 6.61 Å². The molecular weight excluding hydrogens is 325 g/mol. The Morgan fingerprint density at radius 1 is 1.10 bits per heavy atom. The zero-order chi connectivity index (χ0) is 14.7. The Hall–Kier alpha value is -1.16. The highest BCUT2D eigenvalue weighted by Crippen LogP contribution is 2.36. The van der Waals surface area contributed by atoms with Crippen molar-refractivity contribution in [2.24, 2.45) is 4.99 Å². The lowest BCUT2D eigenvalue weighted by molar-refractivity contribution is 0.306. The maximum Gasteiger partial charge on any atom is 0.157 e. The number of hydrogen-bond acceptors (Lipinski definition) is 3. The predicted octanol–water partition coefficient (Wildman–Crippen LogP) is 5.07. The minimum absolute atomic E-state index is 0.440. The largest absolute Gasteiger partial charge is 0.486 e. The highest BCUT2D eigenvalue weighted by molar-refractivity contribution is 8.14. The lowest BCUT2D eigenvalue weighted by Crippen LogP contribution is -1.99. The SMILES string of the molecule is Clc1cc(C2=NCCS2)cc(Cl)c1OCc1ccccc1. The van der Waals surface area contributed by atoms with Gasteiger partial charge in [0.25, 0.3) is 0 Å². The van der Waals surface area contributed by atoms with Crippen molar-refractivity contribution in [3.05, 3.63) is 63.6 Å². The van der Waals surface area contributed by atoms with E-state index in [1.807, 2.05) is 42.5 Å². The molecule has 0 unspecified atom stereocenters. The maximum atomic E-state index is 6.31. The van der Waals surface area contributed by atoms with E-state index in [2.05, 4.69) is 4.99 Å². The standard InChI is InChI=1S/C16H13Cl2NOS/c17-13-8-12(16-19-6-7-21-16)9-14(18)15(13)20-10-11-4-2-1-3-5-11/h1-5,8-9H,6-7,10H2. The first-order valence-corrected chi connectivity index (χ1v) is 8.31. The van der Waals surface area contributed by atoms with Crippen LogP contribution in [-0.2, 0) is 6.61 Å². The summed E-state index contributed by atoms with van der Waals surface area (Å²) in [4.78, 5) is 4.43. The zero-order valence-corrected chi connectivity index (χ0v) is 13.5. The summed E-state index contributed by atoms with van der Waals surface area (Å²) in [6, 6.07) is 13.6. The molecule has 1 heterocycles. The molecule has 1 aliphatic heterocycles. The molecule has 0 radical (unpaired) electrons. The van der Waals surface area contributed by atoms with Crippen molar-refractivity contribution in [1.29, 1.82) is 0 Å². The first kappa shape index (κ1) is 14.8. The second-order valence-corrected chi connectivity index (χ2v) is 6.48. The molecule has 0 N–H and O–H groups in total. The fourth-order valence-corrected chi connectivity index (χ4v) is 3.50. The molecule has 0 spiro atoms. The summed E-state index contributed by atoms with van der Waals surface area (Å²) in [5.74, 6) is 1.53. The van der Waals surface area contributed by atoms with Gasteiger partial charge < -0.3 is 4.74 Å². The Bertz CT molecular complexity index is 650. The monoisotopic (exact) mass is 337 g/mol. The Balaban J connectivity index is 1.79. The van der Waals surface area contributed by atoms with Crippen LogP contribution in [-0.4, -0.2) is 17.3 Å². The molecule has 5 heteroatoms. The van der Waals surface area contributed by atoms with Crippen LogP contribution < -0.4 is 4.74 Å². The fraction of sp³-hybridized carbons (Fsp3) is 0.188. The number of halogens is 2. The third-order valence-corrected chi connectivity index (χ3v) is 4.64. The smallest absolute Gasteiger partial charge is 0.157 e. The molecule has 108 valence electrons. The van der Waals surface area contributed by atoms with Crippen LogP contribution in [0.25, 0.3) is 0 Å². The maximum absolute atomic E-state index is 6.31. The molecule has 0 amide bonds. The molecule has 21 heavy (non-hydrogen) atoms. The third kappa shape index (κ3) is 3.54. The fourth-order valence-electron chi connectivity index (χ4n) is 2.06. The van der Waals surface area contributed by atoms with Crippen molar-refractivity contribution in [1.82, 2.24) is 0 Å². The molecule has 2 nitrogen and oxygen atoms in total. The minimum Gasteiger partial charge on any atom is -0.486 e. The Morgan fingerprint density at radius 3 is 2.43 bits per heavy atom. The summed E-state index contributed by atoms with van der Waals surface area (Å²) >= 11 is 14.3. The molecule has 2 aromatic carbocycles. The van der Waals surface area contributed by atoms with Crippen LogP contribution in [0, 0.1) is 0 Å². The lowest BCUT2D eigenvalue weighted by Gasteiger charge is -2.12. The number of hydrogen-bond donors (Lipinski definition) is 0. The van der Waals surface area contributed by atoms with Gasteiger partial charge in [-0.25, -0.2) is 0 Å². The van der Waals surface area contributed by atoms with Gasteiger partial charge in [-0.15, -0.1) is 11.8 Å². The molecule has 0 aromatic heterocycles. The number of benzene rings is 2. The normalized spacial score (nSPS) is 14.1. The Morgan fingerprint density at radius 2 is 1.81 bits per heavy atom. The quantitative estimate of drug-likeness (QED) is 0.777. The lowest BCUT2D eigenvalue weighted by atomic mass is 10.2. The predicted molar refractivity (Wildman–Crippen MR) is 91.1 cm³/mol. The summed E-state index contributed by atoms with van der Waals surface area (Å²) in [6.45, 7) is 1.29. The number of aliphatic imine (C=N–C) groups is 1. The van der Waals surface area contributed by atoms with Crippen molar-refractivity contribution < 1.29 is 4.74 Å². The topological polar surface area (TPSA) is 21.6 Å². The molecule has 1 aliphatic rings. The van der Waals surface area contributed by atoms with Crippen LogP contribution in [0.3, 0.4) is 0 Å². The van der Waals surface area contributed by atoms with Crippen LogP contribution in [0.1, 0.15) is 11.1 Å². The molecule has 0 saturated carbocycles. The van der Waals surface area contributed by atoms with Gasteiger partial charge in [0.05, 0.1) is 15.1 Å². The van der Waals surface area contributed by atoms with Gasteiger partial charge in [0.15, 0.2) is 5.75 Å². The van der Waals surface area contributed by atoms with Crippen molar-refractivity contribution in [3.8, 4) is 5.75 Å². The van der Waals surface area contributed by atoms with E-state index in [0.717, 1.165) is 28.5 Å². The number of nitrogens with zero attached hydrogens (tertiary/aromatic N) is 1. The minimum atomic E-state index is 0.440. The molecular formula is C16H13Cl2NOS. The molecule has 0 fully saturated rings. The first-order chi connectivity index (χ1) is 10.2. The van der Waals surface area contributed by atoms with Gasteiger partial charge in [0.2, 0.25) is 0 Å². The van der Waals surface area contributed by atoms with E-state index in [9.17, 15) is 0 Å². The van der Waals surface area contributed by atoms with Gasteiger partial charge in [-0.3, -0.25) is 4.99 Å². The van der Waals surface area contributed by atoms with Gasteiger partial charge >= 0.3 is 0 Å². The molecule has 0 bridgehead atoms. The Kier molecular flexibility index (Phi) is 4.73. The molecule has 3 rings (SSSR count). The first-order valence-electron chi connectivity index (χ1n) is 6.57. The average molecular weight is 338 g/mol. The zero-order valence-electron chi connectivity index (χ0n) is 11.2. The number of rotatable bonds is 4. The van der Waals surface area contributed by atoms with E-state index < -0.39 is 0 Å². The van der Waals surface area contributed by atoms with Crippen LogP contribution in [0.4, 0.5) is 0 Å². The second kappa shape index (κ2) is 6.73. The number of thioether (sulfide) groups is 1. The molecule has 2 aromatic rings. The van der Waals surface area contributed by atoms with Crippen LogP contribution in [0.15, 0.2) is 47.5 Å². The van der Waals surface area contributed by atoms with Gasteiger partial charge in [0, 0.05) is 17.9 Å². The van der Waals surface area contributed by atoms with Crippen LogP contribution in [0.5, 0.6) is 5.75 Å². The molecule has 0 saturated heterocycles. The molecule has 0 aliphatic carbocycles. The summed E-state index contributed by atoms with van der Waals surface area (Å²) in [7, 11) is 0. The summed E-state index contributed by atoms with van der Waals surface area (Å²) in [5, 5.41) is 2.03. The van der Waals surface area contributed by atoms with E-state index in [0.29, 0.717) is 22.4 Å². The summed E-state index contributed by atoms with van der Waals surface area (Å²) in [6.07, 6.45) is 0. The van der Waals surface area contributed by atoms with Crippen molar-refractivity contribution >= 4 is 40.0 Å². The second-order valence-electron chi connectivity index (χ2n) is 4.58. The van der Waals surface area contributed by atoms with Crippen molar-refractivity contribution in [2.75, 3.05) is 12.3 Å². The van der Waals surface area contributed by atoms with Gasteiger partial charge in [-0.05, 0) is 17.7 Å². The van der Waals surface area contributed by atoms with E-state index in [1.54, 1.807) is 11.8 Å². The third-order valence-electron chi connectivity index (χ3n) is 3.06. The van der Waals surface area contributed by atoms with Gasteiger partial charge in [-0.2, -0.15) is 0 Å². The van der Waals surface area contributed by atoms with E-state index in [-0.39, 0.29) is 0 Å². The summed E-state index contributed by atoms with van der Waals surface area (Å²) < 4.78 is 5.76. The van der Waals surface area contributed by atoms with Crippen molar-refractivity contribution in [3.63, 3.8) is 0 Å². The van der Waals surface area contributed by atoms with E-state index in [4.69, 9.17) is 27.9 Å². The van der Waals surface area contributed by atoms with Gasteiger partial charge in [0.1, 0.15) is 6.61 Å². The highest BCUT2D eigenvalue weighted by atomic mass is 35.5. The Labute approximate surface area is 138 Å². The highest BCUT2D eigenvalue weighted by Gasteiger charge is 2.15. The summed E-state index contributed by atoms with van der Waals surface area (Å²) in [5.41, 5.74) is 2.03. The van der Waals surface area contributed by atoms with E-state index in [1.165, 1.54) is 0 Å². The van der Waals surface area contributed by atoms with Crippen LogP contribution in [0.2, 0.25) is 10.0 Å². The molecule has 0 atom stereocenters. The average Bonchev–Trinajstić information content (AvgIpc) is 3.01.